The van der Waals surface area contributed by atoms with Crippen molar-refractivity contribution >= 4 is 55.7 Å². The summed E-state index contributed by atoms with van der Waals surface area (Å²) >= 11 is 9.37. The standard InChI is InChI=1S/C23H16BrClN4O5/c24-15-3-10-20-19(11-15)22(23(31)28(20)12-14-1-4-16(25)5-2-14)27-26-21(30)13-34-18-8-6-17(7-9-18)29(32)33/h1-11,31H,12-13H2. The van der Waals surface area contributed by atoms with Gasteiger partial charge < -0.3 is 14.4 Å². The minimum Gasteiger partial charge on any atom is -0.493 e. The summed E-state index contributed by atoms with van der Waals surface area (Å²) in [6.45, 7) is -0.0664. The third-order valence-electron chi connectivity index (χ3n) is 4.90. The maximum atomic E-state index is 12.2. The molecule has 172 valence electrons. The Hall–Kier alpha value is -3.76. The summed E-state index contributed by atoms with van der Waals surface area (Å²) in [5.41, 5.74) is 1.68. The Bertz CT molecular complexity index is 1400. The molecule has 0 aliphatic rings. The average Bonchev–Trinajstić information content (AvgIpc) is 3.07. The van der Waals surface area contributed by atoms with Gasteiger partial charge in [0, 0.05) is 27.0 Å². The predicted octanol–water partition coefficient (Wildman–Crippen LogP) is 6.41. The lowest BCUT2D eigenvalue weighted by molar-refractivity contribution is -0.384. The minimum atomic E-state index is -0.689. The van der Waals surface area contributed by atoms with E-state index in [0.29, 0.717) is 22.5 Å². The largest absolute Gasteiger partial charge is 0.493 e. The number of fused-ring (bicyclic) bond motifs is 1. The molecule has 0 unspecified atom stereocenters. The Kier molecular flexibility index (Phi) is 6.90. The molecule has 0 spiro atoms. The quantitative estimate of drug-likeness (QED) is 0.164. The van der Waals surface area contributed by atoms with Gasteiger partial charge in [-0.15, -0.1) is 10.2 Å². The monoisotopic (exact) mass is 542 g/mol. The normalized spacial score (nSPS) is 11.2. The molecule has 0 aliphatic heterocycles. The van der Waals surface area contributed by atoms with Crippen LogP contribution in [0.15, 0.2) is 81.4 Å². The van der Waals surface area contributed by atoms with Gasteiger partial charge in [0.1, 0.15) is 5.75 Å². The highest BCUT2D eigenvalue weighted by atomic mass is 79.9. The summed E-state index contributed by atoms with van der Waals surface area (Å²) in [5.74, 6) is -0.553. The highest BCUT2D eigenvalue weighted by molar-refractivity contribution is 9.10. The number of carbonyl (C=O) groups is 1. The van der Waals surface area contributed by atoms with Gasteiger partial charge in [0.2, 0.25) is 5.88 Å². The summed E-state index contributed by atoms with van der Waals surface area (Å²) in [7, 11) is 0. The molecule has 1 heterocycles. The summed E-state index contributed by atoms with van der Waals surface area (Å²) in [6, 6.07) is 18.0. The van der Waals surface area contributed by atoms with E-state index in [2.05, 4.69) is 26.2 Å². The van der Waals surface area contributed by atoms with E-state index in [1.54, 1.807) is 22.8 Å². The van der Waals surface area contributed by atoms with E-state index in [-0.39, 0.29) is 23.0 Å². The van der Waals surface area contributed by atoms with E-state index >= 15 is 0 Å². The number of benzene rings is 3. The lowest BCUT2D eigenvalue weighted by Gasteiger charge is -2.07. The molecule has 4 aromatic rings. The number of nitrogens with zero attached hydrogens (tertiary/aromatic N) is 4. The fourth-order valence-electron chi connectivity index (χ4n) is 3.27. The Morgan fingerprint density at radius 3 is 2.50 bits per heavy atom. The van der Waals surface area contributed by atoms with Crippen molar-refractivity contribution in [3.05, 3.63) is 91.9 Å². The Balaban J connectivity index is 1.55. The molecule has 4 rings (SSSR count). The zero-order valence-electron chi connectivity index (χ0n) is 17.4. The van der Waals surface area contributed by atoms with E-state index in [0.717, 1.165) is 10.0 Å². The van der Waals surface area contributed by atoms with Gasteiger partial charge in [-0.25, -0.2) is 0 Å². The van der Waals surface area contributed by atoms with Gasteiger partial charge in [0.25, 0.3) is 5.69 Å². The van der Waals surface area contributed by atoms with Crippen LogP contribution in [-0.4, -0.2) is 27.1 Å². The minimum absolute atomic E-state index is 0.0880. The number of azo groups is 1. The molecule has 11 heteroatoms. The van der Waals surface area contributed by atoms with E-state index < -0.39 is 17.4 Å². The van der Waals surface area contributed by atoms with Crippen LogP contribution in [0.1, 0.15) is 5.56 Å². The van der Waals surface area contributed by atoms with Crippen molar-refractivity contribution in [3.8, 4) is 11.6 Å². The van der Waals surface area contributed by atoms with Crippen molar-refractivity contribution < 1.29 is 19.6 Å². The zero-order chi connectivity index (χ0) is 24.2. The van der Waals surface area contributed by atoms with Crippen LogP contribution in [0.4, 0.5) is 11.4 Å². The molecule has 1 amide bonds. The van der Waals surface area contributed by atoms with Crippen LogP contribution in [0.3, 0.4) is 0 Å². The number of hydrogen-bond acceptors (Lipinski definition) is 6. The van der Waals surface area contributed by atoms with E-state index in [1.165, 1.54) is 24.3 Å². The van der Waals surface area contributed by atoms with Gasteiger partial charge in [-0.1, -0.05) is 39.7 Å². The molecule has 0 aliphatic carbocycles. The number of hydrogen-bond donors (Lipinski definition) is 1. The van der Waals surface area contributed by atoms with Gasteiger partial charge in [-0.3, -0.25) is 14.9 Å². The van der Waals surface area contributed by atoms with Crippen molar-refractivity contribution in [2.45, 2.75) is 6.54 Å². The number of aromatic hydroxyl groups is 1. The number of nitro groups is 1. The van der Waals surface area contributed by atoms with E-state index in [9.17, 15) is 20.0 Å². The molecule has 0 atom stereocenters. The summed E-state index contributed by atoms with van der Waals surface area (Å²) in [4.78, 5) is 22.4. The SMILES string of the molecule is O=C(COc1ccc([N+](=O)[O-])cc1)N=Nc1c(O)n(Cc2ccc(Cl)cc2)c2ccc(Br)cc12. The van der Waals surface area contributed by atoms with Crippen molar-refractivity contribution in [1.29, 1.82) is 0 Å². The number of non-ortho nitro benzene ring substituents is 1. The third kappa shape index (κ3) is 5.24. The predicted molar refractivity (Wildman–Crippen MR) is 130 cm³/mol. The van der Waals surface area contributed by atoms with Crippen LogP contribution in [0.5, 0.6) is 11.6 Å². The zero-order valence-corrected chi connectivity index (χ0v) is 19.7. The number of rotatable bonds is 7. The molecular formula is C23H16BrClN4O5. The molecule has 1 aromatic heterocycles. The van der Waals surface area contributed by atoms with E-state index in [1.807, 2.05) is 24.3 Å². The van der Waals surface area contributed by atoms with Crippen LogP contribution in [0.2, 0.25) is 5.02 Å². The van der Waals surface area contributed by atoms with Crippen LogP contribution < -0.4 is 4.74 Å². The summed E-state index contributed by atoms with van der Waals surface area (Å²) in [5, 5.41) is 30.5. The maximum absolute atomic E-state index is 12.2. The highest BCUT2D eigenvalue weighted by Crippen LogP contribution is 2.40. The lowest BCUT2D eigenvalue weighted by atomic mass is 10.2. The molecule has 0 bridgehead atoms. The first-order valence-corrected chi connectivity index (χ1v) is 11.1. The molecular weight excluding hydrogens is 528 g/mol. The smallest absolute Gasteiger partial charge is 0.302 e. The Morgan fingerprint density at radius 2 is 1.82 bits per heavy atom. The first-order valence-electron chi connectivity index (χ1n) is 9.89. The topological polar surface area (TPSA) is 119 Å². The van der Waals surface area contributed by atoms with Crippen molar-refractivity contribution in [1.82, 2.24) is 4.57 Å². The maximum Gasteiger partial charge on any atom is 0.302 e. The lowest BCUT2D eigenvalue weighted by Crippen LogP contribution is -2.07. The Morgan fingerprint density at radius 1 is 1.12 bits per heavy atom. The van der Waals surface area contributed by atoms with Gasteiger partial charge in [0.15, 0.2) is 12.3 Å². The summed E-state index contributed by atoms with van der Waals surface area (Å²) in [6.07, 6.45) is 0. The fraction of sp³-hybridized carbons (Fsp3) is 0.0870. The number of ether oxygens (including phenoxy) is 1. The molecule has 3 aromatic carbocycles. The van der Waals surface area contributed by atoms with Crippen molar-refractivity contribution in [3.63, 3.8) is 0 Å². The number of halogens is 2. The molecule has 0 fully saturated rings. The van der Waals surface area contributed by atoms with Gasteiger partial charge in [-0.2, -0.15) is 0 Å². The van der Waals surface area contributed by atoms with Crippen molar-refractivity contribution in [2.75, 3.05) is 6.61 Å². The second-order valence-electron chi connectivity index (χ2n) is 7.18. The van der Waals surface area contributed by atoms with Gasteiger partial charge >= 0.3 is 5.91 Å². The molecule has 34 heavy (non-hydrogen) atoms. The molecule has 0 saturated heterocycles. The van der Waals surface area contributed by atoms with Gasteiger partial charge in [0.05, 0.1) is 17.0 Å². The van der Waals surface area contributed by atoms with Crippen LogP contribution in [0.25, 0.3) is 10.9 Å². The van der Waals surface area contributed by atoms with Crippen molar-refractivity contribution in [2.24, 2.45) is 10.2 Å². The summed E-state index contributed by atoms with van der Waals surface area (Å²) < 4.78 is 7.74. The Labute approximate surface area is 206 Å². The first-order chi connectivity index (χ1) is 16.3. The second kappa shape index (κ2) is 10.0. The van der Waals surface area contributed by atoms with Gasteiger partial charge in [-0.05, 0) is 48.0 Å². The fourth-order valence-corrected chi connectivity index (χ4v) is 3.76. The average molecular weight is 544 g/mol. The number of carbonyl (C=O) groups excluding carboxylic acids is 1. The number of aromatic nitrogens is 1. The van der Waals surface area contributed by atoms with Crippen LogP contribution in [-0.2, 0) is 11.3 Å². The number of nitro benzene ring substituents is 1. The molecule has 0 saturated carbocycles. The second-order valence-corrected chi connectivity index (χ2v) is 8.53. The van der Waals surface area contributed by atoms with E-state index in [4.69, 9.17) is 16.3 Å². The first kappa shape index (κ1) is 23.4. The van der Waals surface area contributed by atoms with Crippen LogP contribution >= 0.6 is 27.5 Å². The number of amides is 1. The molecule has 9 nitrogen and oxygen atoms in total. The third-order valence-corrected chi connectivity index (χ3v) is 5.64. The van der Waals surface area contributed by atoms with Crippen LogP contribution in [0, 0.1) is 10.1 Å². The molecule has 0 radical (unpaired) electrons. The molecule has 1 N–H and O–H groups in total. The highest BCUT2D eigenvalue weighted by Gasteiger charge is 2.18.